The number of fused-ring (bicyclic) bond motifs is 1. The number of nitrogens with one attached hydrogen (secondary N) is 3. The van der Waals surface area contributed by atoms with Crippen LogP contribution in [-0.2, 0) is 13.0 Å². The molecule has 6 nitrogen and oxygen atoms in total. The van der Waals surface area contributed by atoms with Gasteiger partial charge in [0.15, 0.2) is 0 Å². The van der Waals surface area contributed by atoms with Crippen molar-refractivity contribution in [3.8, 4) is 0 Å². The number of hydrogen-bond acceptors (Lipinski definition) is 4. The largest absolute Gasteiger partial charge is 0.341 e. The Morgan fingerprint density at radius 3 is 2.68 bits per heavy atom. The van der Waals surface area contributed by atoms with Crippen LogP contribution in [0.5, 0.6) is 0 Å². The van der Waals surface area contributed by atoms with E-state index in [0.29, 0.717) is 5.56 Å². The smallest absolute Gasteiger partial charge is 0.255 e. The zero-order chi connectivity index (χ0) is 22.2. The zero-order valence-electron chi connectivity index (χ0n) is 18.8. The maximum atomic E-state index is 12.7. The lowest BCUT2D eigenvalue weighted by atomic mass is 10.0. The predicted octanol–water partition coefficient (Wildman–Crippen LogP) is 5.39. The molecule has 6 heteroatoms. The Morgan fingerprint density at radius 1 is 1.19 bits per heavy atom. The van der Waals surface area contributed by atoms with Crippen LogP contribution in [0.4, 0.5) is 5.69 Å². The maximum Gasteiger partial charge on any atom is 0.255 e. The molecule has 0 radical (unpaired) electrons. The van der Waals surface area contributed by atoms with E-state index in [-0.39, 0.29) is 5.91 Å². The van der Waals surface area contributed by atoms with Crippen LogP contribution in [0.1, 0.15) is 67.3 Å². The van der Waals surface area contributed by atoms with E-state index < -0.39 is 0 Å². The van der Waals surface area contributed by atoms with Crippen LogP contribution in [0.25, 0.3) is 11.0 Å². The number of imidazole rings is 1. The monoisotopic (exact) mass is 419 g/mol. The summed E-state index contributed by atoms with van der Waals surface area (Å²) in [6.07, 6.45) is 5.70. The van der Waals surface area contributed by atoms with Gasteiger partial charge in [0.1, 0.15) is 5.82 Å². The van der Waals surface area contributed by atoms with Gasteiger partial charge in [0.05, 0.1) is 17.6 Å². The van der Waals surface area contributed by atoms with Crippen LogP contribution in [0, 0.1) is 5.41 Å². The van der Waals surface area contributed by atoms with Gasteiger partial charge in [-0.05, 0) is 73.8 Å². The SMILES string of the molecule is CC.CCCc1cc(C(=O)Nc2ccc3nc(CN4CCCC4)[nH]c3c2)ccc1C=N. The minimum Gasteiger partial charge on any atom is -0.341 e. The average Bonchev–Trinajstić information content (AvgIpc) is 3.44. The molecule has 1 amide bonds. The summed E-state index contributed by atoms with van der Waals surface area (Å²) in [5.41, 5.74) is 5.10. The third kappa shape index (κ3) is 5.58. The molecular formula is C25H33N5O. The molecule has 0 bridgehead atoms. The van der Waals surface area contributed by atoms with Crippen LogP contribution in [-0.4, -0.2) is 40.1 Å². The molecule has 2 heterocycles. The van der Waals surface area contributed by atoms with Gasteiger partial charge in [0, 0.05) is 17.5 Å². The van der Waals surface area contributed by atoms with Crippen LogP contribution in [0.2, 0.25) is 0 Å². The molecular weight excluding hydrogens is 386 g/mol. The first-order valence-corrected chi connectivity index (χ1v) is 11.3. The van der Waals surface area contributed by atoms with Crippen molar-refractivity contribution in [2.45, 2.75) is 53.0 Å². The number of likely N-dealkylation sites (tertiary alicyclic amines) is 1. The van der Waals surface area contributed by atoms with E-state index in [9.17, 15) is 4.79 Å². The molecule has 1 aliphatic heterocycles. The van der Waals surface area contributed by atoms with Crippen molar-refractivity contribution in [2.75, 3.05) is 18.4 Å². The van der Waals surface area contributed by atoms with Gasteiger partial charge in [0.25, 0.3) is 5.91 Å². The fraction of sp³-hybridized carbons (Fsp3) is 0.400. The number of aromatic amines is 1. The molecule has 3 aromatic rings. The highest BCUT2D eigenvalue weighted by Gasteiger charge is 2.14. The molecule has 1 saturated heterocycles. The highest BCUT2D eigenvalue weighted by molar-refractivity contribution is 6.05. The van der Waals surface area contributed by atoms with Crippen LogP contribution >= 0.6 is 0 Å². The number of anilines is 1. The van der Waals surface area contributed by atoms with Crippen molar-refractivity contribution in [3.63, 3.8) is 0 Å². The van der Waals surface area contributed by atoms with E-state index in [0.717, 1.165) is 66.1 Å². The van der Waals surface area contributed by atoms with E-state index in [4.69, 9.17) is 5.41 Å². The Bertz CT molecular complexity index is 1030. The first kappa shape index (κ1) is 22.7. The van der Waals surface area contributed by atoms with E-state index in [1.165, 1.54) is 19.1 Å². The maximum absolute atomic E-state index is 12.7. The molecule has 0 spiro atoms. The van der Waals surface area contributed by atoms with Crippen molar-refractivity contribution < 1.29 is 4.79 Å². The zero-order valence-corrected chi connectivity index (χ0v) is 18.8. The van der Waals surface area contributed by atoms with Gasteiger partial charge in [-0.1, -0.05) is 33.3 Å². The molecule has 3 N–H and O–H groups in total. The number of hydrogen-bond donors (Lipinski definition) is 3. The normalized spacial score (nSPS) is 13.6. The fourth-order valence-electron chi connectivity index (χ4n) is 3.94. The number of carbonyl (C=O) groups excluding carboxylic acids is 1. The number of rotatable bonds is 7. The van der Waals surface area contributed by atoms with Gasteiger partial charge in [-0.3, -0.25) is 9.69 Å². The number of aromatic nitrogens is 2. The minimum absolute atomic E-state index is 0.143. The summed E-state index contributed by atoms with van der Waals surface area (Å²) in [6.45, 7) is 9.21. The standard InChI is InChI=1S/C23H27N5O.C2H6/c1-2-5-16-12-17(6-7-18(16)14-24)23(29)25-19-8-9-20-21(13-19)27-22(26-20)15-28-10-3-4-11-28;1-2/h6-9,12-14,24H,2-5,10-11,15H2,1H3,(H,25,29)(H,26,27);1-2H3. The summed E-state index contributed by atoms with van der Waals surface area (Å²) in [4.78, 5) is 23.2. The molecule has 4 rings (SSSR count). The van der Waals surface area contributed by atoms with Gasteiger partial charge in [0.2, 0.25) is 0 Å². The summed E-state index contributed by atoms with van der Waals surface area (Å²) in [5.74, 6) is 0.826. The van der Waals surface area contributed by atoms with Crippen molar-refractivity contribution in [3.05, 3.63) is 58.9 Å². The summed E-state index contributed by atoms with van der Waals surface area (Å²) in [6, 6.07) is 11.3. The molecule has 0 saturated carbocycles. The van der Waals surface area contributed by atoms with Crippen molar-refractivity contribution >= 4 is 28.8 Å². The fourth-order valence-corrected chi connectivity index (χ4v) is 3.94. The highest BCUT2D eigenvalue weighted by Crippen LogP contribution is 2.20. The van der Waals surface area contributed by atoms with Gasteiger partial charge in [-0.15, -0.1) is 0 Å². The van der Waals surface area contributed by atoms with E-state index in [1.807, 2.05) is 44.2 Å². The topological polar surface area (TPSA) is 84.9 Å². The van der Waals surface area contributed by atoms with E-state index >= 15 is 0 Å². The van der Waals surface area contributed by atoms with E-state index in [2.05, 4.69) is 27.1 Å². The third-order valence-corrected chi connectivity index (χ3v) is 5.44. The number of carbonyl (C=O) groups is 1. The van der Waals surface area contributed by atoms with Crippen molar-refractivity contribution in [2.24, 2.45) is 0 Å². The van der Waals surface area contributed by atoms with Crippen molar-refractivity contribution in [1.29, 1.82) is 5.41 Å². The molecule has 31 heavy (non-hydrogen) atoms. The summed E-state index contributed by atoms with van der Waals surface area (Å²) in [5, 5.41) is 10.5. The van der Waals surface area contributed by atoms with Crippen LogP contribution < -0.4 is 5.32 Å². The Balaban J connectivity index is 0.00000132. The Hall–Kier alpha value is -2.99. The Kier molecular flexibility index (Phi) is 7.95. The lowest BCUT2D eigenvalue weighted by molar-refractivity contribution is 0.102. The molecule has 1 fully saturated rings. The Morgan fingerprint density at radius 2 is 1.97 bits per heavy atom. The lowest BCUT2D eigenvalue weighted by Crippen LogP contribution is -2.19. The van der Waals surface area contributed by atoms with Gasteiger partial charge < -0.3 is 15.7 Å². The van der Waals surface area contributed by atoms with Crippen LogP contribution in [0.3, 0.4) is 0 Å². The highest BCUT2D eigenvalue weighted by atomic mass is 16.1. The van der Waals surface area contributed by atoms with E-state index in [1.54, 1.807) is 6.07 Å². The third-order valence-electron chi connectivity index (χ3n) is 5.44. The van der Waals surface area contributed by atoms with Gasteiger partial charge in [-0.2, -0.15) is 0 Å². The summed E-state index contributed by atoms with van der Waals surface area (Å²) < 4.78 is 0. The van der Waals surface area contributed by atoms with Crippen LogP contribution in [0.15, 0.2) is 36.4 Å². The molecule has 2 aromatic carbocycles. The molecule has 164 valence electrons. The average molecular weight is 420 g/mol. The lowest BCUT2D eigenvalue weighted by Gasteiger charge is -2.11. The second-order valence-electron chi connectivity index (χ2n) is 7.66. The first-order chi connectivity index (χ1) is 15.2. The molecule has 0 aliphatic carbocycles. The second-order valence-corrected chi connectivity index (χ2v) is 7.66. The number of aryl methyl sites for hydroxylation is 1. The second kappa shape index (κ2) is 10.9. The van der Waals surface area contributed by atoms with Gasteiger partial charge >= 0.3 is 0 Å². The Labute approximate surface area is 184 Å². The number of nitrogens with zero attached hydrogens (tertiary/aromatic N) is 2. The number of amides is 1. The molecule has 1 aliphatic rings. The summed E-state index contributed by atoms with van der Waals surface area (Å²) in [7, 11) is 0. The number of H-pyrrole nitrogens is 1. The quantitative estimate of drug-likeness (QED) is 0.449. The number of benzene rings is 2. The van der Waals surface area contributed by atoms with Gasteiger partial charge in [-0.25, -0.2) is 4.98 Å². The minimum atomic E-state index is -0.143. The summed E-state index contributed by atoms with van der Waals surface area (Å²) >= 11 is 0. The molecule has 1 aromatic heterocycles. The van der Waals surface area contributed by atoms with Crippen molar-refractivity contribution in [1.82, 2.24) is 14.9 Å². The first-order valence-electron chi connectivity index (χ1n) is 11.3. The molecule has 0 atom stereocenters. The molecule has 0 unspecified atom stereocenters. The predicted molar refractivity (Wildman–Crippen MR) is 128 cm³/mol.